The van der Waals surface area contributed by atoms with Gasteiger partial charge in [-0.3, -0.25) is 0 Å². The summed E-state index contributed by atoms with van der Waals surface area (Å²) in [5.74, 6) is -0.475. The molecule has 0 saturated heterocycles. The van der Waals surface area contributed by atoms with Gasteiger partial charge in [-0.2, -0.15) is 0 Å². The van der Waals surface area contributed by atoms with Gasteiger partial charge in [0.05, 0.1) is 5.69 Å². The van der Waals surface area contributed by atoms with Crippen LogP contribution in [-0.2, 0) is 0 Å². The number of pyridine rings is 1. The van der Waals surface area contributed by atoms with Crippen molar-refractivity contribution in [2.45, 2.75) is 6.36 Å². The van der Waals surface area contributed by atoms with Crippen LogP contribution in [0, 0.1) is 0 Å². The van der Waals surface area contributed by atoms with E-state index in [-0.39, 0.29) is 5.69 Å². The molecule has 1 rings (SSSR count). The summed E-state index contributed by atoms with van der Waals surface area (Å²) < 4.78 is 39.0. The second kappa shape index (κ2) is 3.51. The van der Waals surface area contributed by atoms with E-state index in [1.165, 1.54) is 25.4 Å². The van der Waals surface area contributed by atoms with Crippen molar-refractivity contribution in [2.24, 2.45) is 0 Å². The summed E-state index contributed by atoms with van der Waals surface area (Å²) in [5.41, 5.74) is 0.194. The number of nitrogens with zero attached hydrogens (tertiary/aromatic N) is 1. The third kappa shape index (κ3) is 2.81. The molecule has 6 heteroatoms. The molecular weight excluding hydrogens is 185 g/mol. The van der Waals surface area contributed by atoms with Crippen LogP contribution in [0.5, 0.6) is 5.88 Å². The van der Waals surface area contributed by atoms with Crippen molar-refractivity contribution < 1.29 is 17.9 Å². The highest BCUT2D eigenvalue weighted by molar-refractivity contribution is 5.51. The lowest BCUT2D eigenvalue weighted by molar-refractivity contribution is -0.275. The first-order valence-corrected chi connectivity index (χ1v) is 3.41. The molecule has 0 amide bonds. The highest BCUT2D eigenvalue weighted by Crippen LogP contribution is 2.26. The zero-order chi connectivity index (χ0) is 9.90. The second-order valence-corrected chi connectivity index (χ2v) is 2.15. The lowest BCUT2D eigenvalue weighted by Gasteiger charge is -2.10. The fourth-order valence-corrected chi connectivity index (χ4v) is 0.772. The summed E-state index contributed by atoms with van der Waals surface area (Å²) in [6, 6.07) is 2.95. The minimum Gasteiger partial charge on any atom is -0.386 e. The average Bonchev–Trinajstić information content (AvgIpc) is 2.02. The van der Waals surface area contributed by atoms with Gasteiger partial charge in [0, 0.05) is 13.2 Å². The number of anilines is 1. The Hall–Kier alpha value is -1.46. The maximum absolute atomic E-state index is 11.8. The molecule has 0 aliphatic carbocycles. The SMILES string of the molecule is CNc1cccnc1OC(F)(F)F. The molecule has 1 aromatic heterocycles. The van der Waals surface area contributed by atoms with Crippen LogP contribution in [0.25, 0.3) is 0 Å². The molecule has 0 atom stereocenters. The van der Waals surface area contributed by atoms with Gasteiger partial charge < -0.3 is 10.1 Å². The Morgan fingerprint density at radius 3 is 2.69 bits per heavy atom. The van der Waals surface area contributed by atoms with E-state index < -0.39 is 12.2 Å². The van der Waals surface area contributed by atoms with E-state index in [1.807, 2.05) is 0 Å². The molecule has 72 valence electrons. The molecule has 1 N–H and O–H groups in total. The van der Waals surface area contributed by atoms with E-state index in [2.05, 4.69) is 15.0 Å². The molecule has 13 heavy (non-hydrogen) atoms. The van der Waals surface area contributed by atoms with Gasteiger partial charge >= 0.3 is 6.36 Å². The average molecular weight is 192 g/mol. The first-order chi connectivity index (χ1) is 6.03. The Morgan fingerprint density at radius 2 is 2.15 bits per heavy atom. The minimum atomic E-state index is -4.71. The lowest BCUT2D eigenvalue weighted by Crippen LogP contribution is -2.18. The number of aromatic nitrogens is 1. The first-order valence-electron chi connectivity index (χ1n) is 3.41. The predicted molar refractivity (Wildman–Crippen MR) is 40.5 cm³/mol. The third-order valence-electron chi connectivity index (χ3n) is 1.25. The number of rotatable bonds is 2. The molecule has 0 saturated carbocycles. The van der Waals surface area contributed by atoms with Gasteiger partial charge in [-0.1, -0.05) is 0 Å². The number of hydrogen-bond acceptors (Lipinski definition) is 3. The molecular formula is C7H7F3N2O. The van der Waals surface area contributed by atoms with Gasteiger partial charge in [0.15, 0.2) is 0 Å². The van der Waals surface area contributed by atoms with Crippen LogP contribution in [-0.4, -0.2) is 18.4 Å². The normalized spacial score (nSPS) is 11.1. The summed E-state index contributed by atoms with van der Waals surface area (Å²) in [6.07, 6.45) is -3.48. The highest BCUT2D eigenvalue weighted by atomic mass is 19.4. The predicted octanol–water partition coefficient (Wildman–Crippen LogP) is 2.02. The second-order valence-electron chi connectivity index (χ2n) is 2.15. The quantitative estimate of drug-likeness (QED) is 0.778. The van der Waals surface area contributed by atoms with E-state index in [4.69, 9.17) is 0 Å². The molecule has 0 bridgehead atoms. The summed E-state index contributed by atoms with van der Waals surface area (Å²) in [7, 11) is 1.49. The summed E-state index contributed by atoms with van der Waals surface area (Å²) in [5, 5.41) is 2.53. The zero-order valence-corrected chi connectivity index (χ0v) is 6.72. The molecule has 0 aliphatic heterocycles. The molecule has 1 aromatic rings. The molecule has 0 aromatic carbocycles. The fourth-order valence-electron chi connectivity index (χ4n) is 0.772. The highest BCUT2D eigenvalue weighted by Gasteiger charge is 2.32. The van der Waals surface area contributed by atoms with E-state index >= 15 is 0 Å². The Bertz CT molecular complexity index is 287. The number of alkyl halides is 3. The van der Waals surface area contributed by atoms with Crippen LogP contribution in [0.15, 0.2) is 18.3 Å². The van der Waals surface area contributed by atoms with Gasteiger partial charge in [-0.05, 0) is 12.1 Å². The van der Waals surface area contributed by atoms with E-state index in [9.17, 15) is 13.2 Å². The van der Waals surface area contributed by atoms with Crippen LogP contribution in [0.2, 0.25) is 0 Å². The van der Waals surface area contributed by atoms with E-state index in [0.29, 0.717) is 0 Å². The Morgan fingerprint density at radius 1 is 1.46 bits per heavy atom. The van der Waals surface area contributed by atoms with Crippen molar-refractivity contribution in [3.8, 4) is 5.88 Å². The van der Waals surface area contributed by atoms with Gasteiger partial charge in [0.2, 0.25) is 5.88 Å². The van der Waals surface area contributed by atoms with Crippen molar-refractivity contribution in [3.05, 3.63) is 18.3 Å². The van der Waals surface area contributed by atoms with Gasteiger partial charge in [-0.15, -0.1) is 13.2 Å². The monoisotopic (exact) mass is 192 g/mol. The summed E-state index contributed by atoms with van der Waals surface area (Å²) >= 11 is 0. The van der Waals surface area contributed by atoms with E-state index in [0.717, 1.165) is 0 Å². The largest absolute Gasteiger partial charge is 0.574 e. The van der Waals surface area contributed by atoms with Crippen LogP contribution < -0.4 is 10.1 Å². The van der Waals surface area contributed by atoms with Crippen molar-refractivity contribution in [1.29, 1.82) is 0 Å². The number of nitrogens with one attached hydrogen (secondary N) is 1. The summed E-state index contributed by atoms with van der Waals surface area (Å²) in [4.78, 5) is 3.43. The maximum Gasteiger partial charge on any atom is 0.574 e. The topological polar surface area (TPSA) is 34.2 Å². The maximum atomic E-state index is 11.8. The molecule has 1 heterocycles. The molecule has 3 nitrogen and oxygen atoms in total. The number of halogens is 3. The molecule has 0 unspecified atom stereocenters. The standard InChI is InChI=1S/C7H7F3N2O/c1-11-5-3-2-4-12-6(5)13-7(8,9)10/h2-4,11H,1H3. The summed E-state index contributed by atoms with van der Waals surface area (Å²) in [6.45, 7) is 0. The zero-order valence-electron chi connectivity index (χ0n) is 6.72. The number of hydrogen-bond donors (Lipinski definition) is 1. The van der Waals surface area contributed by atoms with Gasteiger partial charge in [-0.25, -0.2) is 4.98 Å². The van der Waals surface area contributed by atoms with Crippen molar-refractivity contribution >= 4 is 5.69 Å². The van der Waals surface area contributed by atoms with Gasteiger partial charge in [0.25, 0.3) is 0 Å². The lowest BCUT2D eigenvalue weighted by atomic mass is 10.4. The Balaban J connectivity index is 2.87. The third-order valence-corrected chi connectivity index (χ3v) is 1.25. The molecule has 0 spiro atoms. The Labute approximate surface area is 72.5 Å². The number of ether oxygens (including phenoxy) is 1. The fraction of sp³-hybridized carbons (Fsp3) is 0.286. The molecule has 0 radical (unpaired) electrons. The van der Waals surface area contributed by atoms with E-state index in [1.54, 1.807) is 0 Å². The van der Waals surface area contributed by atoms with Crippen LogP contribution >= 0.6 is 0 Å². The Kier molecular flexibility index (Phi) is 2.60. The van der Waals surface area contributed by atoms with Crippen molar-refractivity contribution in [3.63, 3.8) is 0 Å². The molecule has 0 aliphatic rings. The first kappa shape index (κ1) is 9.63. The van der Waals surface area contributed by atoms with Crippen molar-refractivity contribution in [2.75, 3.05) is 12.4 Å². The van der Waals surface area contributed by atoms with Crippen LogP contribution in [0.3, 0.4) is 0 Å². The van der Waals surface area contributed by atoms with Crippen LogP contribution in [0.1, 0.15) is 0 Å². The molecule has 0 fully saturated rings. The van der Waals surface area contributed by atoms with Crippen LogP contribution in [0.4, 0.5) is 18.9 Å². The van der Waals surface area contributed by atoms with Gasteiger partial charge in [0.1, 0.15) is 0 Å². The minimum absolute atomic E-state index is 0.194. The smallest absolute Gasteiger partial charge is 0.386 e. The van der Waals surface area contributed by atoms with Crippen molar-refractivity contribution in [1.82, 2.24) is 4.98 Å².